The van der Waals surface area contributed by atoms with Crippen LogP contribution in [0, 0.1) is 0 Å². The van der Waals surface area contributed by atoms with Gasteiger partial charge in [0, 0.05) is 39.1 Å². The molecule has 5 nitrogen and oxygen atoms in total. The summed E-state index contributed by atoms with van der Waals surface area (Å²) in [7, 11) is 1.78. The van der Waals surface area contributed by atoms with E-state index in [4.69, 9.17) is 4.74 Å². The molecule has 0 saturated heterocycles. The topological polar surface area (TPSA) is 54.5 Å². The van der Waals surface area contributed by atoms with Crippen molar-refractivity contribution in [3.8, 4) is 0 Å². The van der Waals surface area contributed by atoms with Crippen molar-refractivity contribution in [2.45, 2.75) is 20.3 Å². The van der Waals surface area contributed by atoms with Crippen molar-refractivity contribution in [2.75, 3.05) is 38.7 Å². The van der Waals surface area contributed by atoms with Crippen LogP contribution in [0.5, 0.6) is 0 Å². The minimum Gasteiger partial charge on any atom is -0.384 e. The highest BCUT2D eigenvalue weighted by Crippen LogP contribution is 2.15. The van der Waals surface area contributed by atoms with E-state index in [9.17, 15) is 4.79 Å². The first-order valence-corrected chi connectivity index (χ1v) is 6.71. The van der Waals surface area contributed by atoms with Crippen molar-refractivity contribution in [1.82, 2.24) is 9.88 Å². The van der Waals surface area contributed by atoms with E-state index in [1.807, 2.05) is 13.0 Å². The molecule has 0 aliphatic heterocycles. The van der Waals surface area contributed by atoms with Crippen molar-refractivity contribution in [1.29, 1.82) is 0 Å². The minimum atomic E-state index is -0.0357. The fraction of sp³-hybridized carbons (Fsp3) is 0.571. The number of ether oxygens (including phenoxy) is 1. The van der Waals surface area contributed by atoms with Crippen LogP contribution in [0.25, 0.3) is 0 Å². The third-order valence-corrected chi connectivity index (χ3v) is 2.74. The Morgan fingerprint density at radius 3 is 2.95 bits per heavy atom. The molecule has 0 saturated carbocycles. The van der Waals surface area contributed by atoms with Crippen LogP contribution in [0.3, 0.4) is 0 Å². The zero-order chi connectivity index (χ0) is 14.1. The third-order valence-electron chi connectivity index (χ3n) is 2.74. The van der Waals surface area contributed by atoms with Crippen LogP contribution in [0.1, 0.15) is 30.6 Å². The van der Waals surface area contributed by atoms with Crippen molar-refractivity contribution >= 4 is 11.6 Å². The lowest BCUT2D eigenvalue weighted by Crippen LogP contribution is -2.31. The van der Waals surface area contributed by atoms with Gasteiger partial charge in [-0.05, 0) is 19.4 Å². The quantitative estimate of drug-likeness (QED) is 0.731. The molecule has 0 radical (unpaired) electrons. The standard InChI is InChI=1S/C14H23N3O2/c1-4-7-16-13-6-8-15-11-12(13)14(18)17(3)9-10-19-5-2/h6,8,11H,4-5,7,9-10H2,1-3H3,(H,15,16). The van der Waals surface area contributed by atoms with Gasteiger partial charge in [0.1, 0.15) is 0 Å². The normalized spacial score (nSPS) is 10.3. The number of hydrogen-bond acceptors (Lipinski definition) is 4. The lowest BCUT2D eigenvalue weighted by molar-refractivity contribution is 0.0710. The van der Waals surface area contributed by atoms with Crippen molar-refractivity contribution in [3.05, 3.63) is 24.0 Å². The first-order valence-electron chi connectivity index (χ1n) is 6.71. The smallest absolute Gasteiger partial charge is 0.257 e. The van der Waals surface area contributed by atoms with Gasteiger partial charge in [0.2, 0.25) is 0 Å². The molecule has 1 heterocycles. The molecule has 19 heavy (non-hydrogen) atoms. The summed E-state index contributed by atoms with van der Waals surface area (Å²) < 4.78 is 5.26. The summed E-state index contributed by atoms with van der Waals surface area (Å²) in [6.45, 7) is 6.66. The number of anilines is 1. The van der Waals surface area contributed by atoms with Gasteiger partial charge in [-0.3, -0.25) is 9.78 Å². The Morgan fingerprint density at radius 1 is 1.47 bits per heavy atom. The molecule has 0 aliphatic rings. The Balaban J connectivity index is 2.69. The number of aromatic nitrogens is 1. The van der Waals surface area contributed by atoms with Crippen molar-refractivity contribution in [3.63, 3.8) is 0 Å². The molecule has 1 rings (SSSR count). The first kappa shape index (κ1) is 15.4. The lowest BCUT2D eigenvalue weighted by Gasteiger charge is -2.19. The van der Waals surface area contributed by atoms with Gasteiger partial charge in [0.15, 0.2) is 0 Å². The van der Waals surface area contributed by atoms with E-state index >= 15 is 0 Å². The molecule has 0 bridgehead atoms. The second kappa shape index (κ2) is 8.48. The van der Waals surface area contributed by atoms with Gasteiger partial charge in [-0.1, -0.05) is 6.92 Å². The number of nitrogens with one attached hydrogen (secondary N) is 1. The average molecular weight is 265 g/mol. The van der Waals surface area contributed by atoms with Crippen LogP contribution < -0.4 is 5.32 Å². The van der Waals surface area contributed by atoms with Gasteiger partial charge in [0.05, 0.1) is 17.9 Å². The zero-order valence-corrected chi connectivity index (χ0v) is 12.0. The summed E-state index contributed by atoms with van der Waals surface area (Å²) in [5.74, 6) is -0.0357. The van der Waals surface area contributed by atoms with E-state index in [1.165, 1.54) is 0 Å². The summed E-state index contributed by atoms with van der Waals surface area (Å²) in [6, 6.07) is 1.83. The predicted octanol–water partition coefficient (Wildman–Crippen LogP) is 2.01. The van der Waals surface area contributed by atoms with E-state index in [-0.39, 0.29) is 5.91 Å². The molecule has 0 atom stereocenters. The van der Waals surface area contributed by atoms with Crippen LogP contribution in [-0.4, -0.2) is 49.1 Å². The van der Waals surface area contributed by atoms with Crippen molar-refractivity contribution in [2.24, 2.45) is 0 Å². The zero-order valence-electron chi connectivity index (χ0n) is 12.0. The summed E-state index contributed by atoms with van der Waals surface area (Å²) in [4.78, 5) is 18.0. The largest absolute Gasteiger partial charge is 0.384 e. The summed E-state index contributed by atoms with van der Waals surface area (Å²) in [6.07, 6.45) is 4.31. The van der Waals surface area contributed by atoms with Gasteiger partial charge in [0.25, 0.3) is 5.91 Å². The summed E-state index contributed by atoms with van der Waals surface area (Å²) >= 11 is 0. The second-order valence-corrected chi connectivity index (χ2v) is 4.27. The highest BCUT2D eigenvalue weighted by molar-refractivity contribution is 5.99. The maximum atomic E-state index is 12.3. The number of carbonyl (C=O) groups excluding carboxylic acids is 1. The van der Waals surface area contributed by atoms with E-state index < -0.39 is 0 Å². The molecule has 0 aromatic carbocycles. The fourth-order valence-electron chi connectivity index (χ4n) is 1.63. The highest BCUT2D eigenvalue weighted by atomic mass is 16.5. The second-order valence-electron chi connectivity index (χ2n) is 4.27. The van der Waals surface area contributed by atoms with Crippen LogP contribution in [0.2, 0.25) is 0 Å². The Hall–Kier alpha value is -1.62. The molecule has 0 unspecified atom stereocenters. The molecule has 0 fully saturated rings. The summed E-state index contributed by atoms with van der Waals surface area (Å²) in [5, 5.41) is 3.25. The number of nitrogens with zero attached hydrogens (tertiary/aromatic N) is 2. The molecule has 1 amide bonds. The highest BCUT2D eigenvalue weighted by Gasteiger charge is 2.15. The van der Waals surface area contributed by atoms with Crippen LogP contribution >= 0.6 is 0 Å². The molecular formula is C14H23N3O2. The molecule has 0 spiro atoms. The Bertz CT molecular complexity index is 396. The Kier molecular flexibility index (Phi) is 6.89. The Morgan fingerprint density at radius 2 is 2.26 bits per heavy atom. The number of pyridine rings is 1. The number of likely N-dealkylation sites (N-methyl/N-ethyl adjacent to an activating group) is 1. The maximum Gasteiger partial charge on any atom is 0.257 e. The first-order chi connectivity index (χ1) is 9.20. The molecular weight excluding hydrogens is 242 g/mol. The monoisotopic (exact) mass is 265 g/mol. The van der Waals surface area contributed by atoms with Gasteiger partial charge in [-0.2, -0.15) is 0 Å². The fourth-order valence-corrected chi connectivity index (χ4v) is 1.63. The van der Waals surface area contributed by atoms with E-state index in [1.54, 1.807) is 24.3 Å². The molecule has 0 aliphatic carbocycles. The van der Waals surface area contributed by atoms with Gasteiger partial charge >= 0.3 is 0 Å². The predicted molar refractivity (Wildman–Crippen MR) is 76.5 cm³/mol. The molecule has 5 heteroatoms. The van der Waals surface area contributed by atoms with Gasteiger partial charge in [-0.15, -0.1) is 0 Å². The van der Waals surface area contributed by atoms with Crippen LogP contribution in [0.4, 0.5) is 5.69 Å². The molecule has 106 valence electrons. The third kappa shape index (κ3) is 4.87. The Labute approximate surface area is 115 Å². The molecule has 1 aromatic heterocycles. The van der Waals surface area contributed by atoms with Crippen LogP contribution in [0.15, 0.2) is 18.5 Å². The number of hydrogen-bond donors (Lipinski definition) is 1. The van der Waals surface area contributed by atoms with Gasteiger partial charge < -0.3 is 15.0 Å². The van der Waals surface area contributed by atoms with E-state index in [0.717, 1.165) is 18.7 Å². The minimum absolute atomic E-state index is 0.0357. The van der Waals surface area contributed by atoms with Gasteiger partial charge in [-0.25, -0.2) is 0 Å². The number of amides is 1. The lowest BCUT2D eigenvalue weighted by atomic mass is 10.2. The maximum absolute atomic E-state index is 12.3. The molecule has 1 N–H and O–H groups in total. The molecule has 1 aromatic rings. The van der Waals surface area contributed by atoms with E-state index in [0.29, 0.717) is 25.3 Å². The van der Waals surface area contributed by atoms with Crippen molar-refractivity contribution < 1.29 is 9.53 Å². The average Bonchev–Trinajstić information content (AvgIpc) is 2.44. The van der Waals surface area contributed by atoms with E-state index in [2.05, 4.69) is 17.2 Å². The number of carbonyl (C=O) groups is 1. The summed E-state index contributed by atoms with van der Waals surface area (Å²) in [5.41, 5.74) is 1.44. The SMILES string of the molecule is CCCNc1ccncc1C(=O)N(C)CCOCC. The number of rotatable bonds is 8. The van der Waals surface area contributed by atoms with Crippen LogP contribution in [-0.2, 0) is 4.74 Å².